The predicted molar refractivity (Wildman–Crippen MR) is 28.3 cm³/mol. The largest absolute Gasteiger partial charge is 0.282 e. The fourth-order valence-electron chi connectivity index (χ4n) is 0.468. The number of aliphatic imine (C=N–C) groups is 1. The zero-order chi connectivity index (χ0) is 7.56. The molecule has 0 spiro atoms. The molecule has 0 atom stereocenters. The maximum absolute atomic E-state index is 11.7. The second-order valence-electron chi connectivity index (χ2n) is 1.57. The van der Waals surface area contributed by atoms with Crippen LogP contribution in [0.2, 0.25) is 0 Å². The standard InChI is InChI=1S/C5H3F3N2/c6-1-4-9-2-3(10-4)5(7)8/h5H,1H2. The summed E-state index contributed by atoms with van der Waals surface area (Å²) in [7, 11) is 0. The highest BCUT2D eigenvalue weighted by Crippen LogP contribution is 2.12. The van der Waals surface area contributed by atoms with Gasteiger partial charge in [-0.2, -0.15) is 0 Å². The van der Waals surface area contributed by atoms with Crippen molar-refractivity contribution in [3.8, 4) is 0 Å². The molecule has 0 unspecified atom stereocenters. The maximum Gasteiger partial charge on any atom is 0.282 e. The summed E-state index contributed by atoms with van der Waals surface area (Å²) in [6.45, 7) is -0.927. The van der Waals surface area contributed by atoms with Gasteiger partial charge in [0, 0.05) is 0 Å². The van der Waals surface area contributed by atoms with E-state index in [1.165, 1.54) is 0 Å². The van der Waals surface area contributed by atoms with Crippen molar-refractivity contribution in [2.75, 3.05) is 6.67 Å². The minimum atomic E-state index is -2.72. The van der Waals surface area contributed by atoms with E-state index in [-0.39, 0.29) is 5.84 Å². The fourth-order valence-corrected chi connectivity index (χ4v) is 0.468. The molecule has 2 nitrogen and oxygen atoms in total. The van der Waals surface area contributed by atoms with Crippen LogP contribution in [0.3, 0.4) is 0 Å². The maximum atomic E-state index is 11.7. The Morgan fingerprint density at radius 3 is 2.50 bits per heavy atom. The Morgan fingerprint density at radius 1 is 1.50 bits per heavy atom. The van der Waals surface area contributed by atoms with E-state index in [0.717, 1.165) is 0 Å². The van der Waals surface area contributed by atoms with Gasteiger partial charge >= 0.3 is 0 Å². The number of hydrogen-bond donors (Lipinski definition) is 0. The molecule has 0 saturated carbocycles. The van der Waals surface area contributed by atoms with Crippen LogP contribution in [0.1, 0.15) is 0 Å². The SMILES string of the molecule is FCC1=NC(C(F)F)=[C][N]1. The zero-order valence-electron chi connectivity index (χ0n) is 4.81. The van der Waals surface area contributed by atoms with Crippen LogP contribution in [0.4, 0.5) is 13.2 Å². The van der Waals surface area contributed by atoms with Crippen molar-refractivity contribution in [1.29, 1.82) is 0 Å². The minimum absolute atomic E-state index is 0.240. The highest BCUT2D eigenvalue weighted by molar-refractivity contribution is 5.86. The molecule has 0 amide bonds. The van der Waals surface area contributed by atoms with E-state index in [0.29, 0.717) is 0 Å². The topological polar surface area (TPSA) is 26.5 Å². The van der Waals surface area contributed by atoms with Gasteiger partial charge in [-0.15, -0.1) is 0 Å². The van der Waals surface area contributed by atoms with Crippen molar-refractivity contribution in [2.24, 2.45) is 4.99 Å². The summed E-state index contributed by atoms with van der Waals surface area (Å²) in [6, 6.07) is 0. The van der Waals surface area contributed by atoms with E-state index in [4.69, 9.17) is 0 Å². The first-order chi connectivity index (χ1) is 4.74. The number of amidine groups is 1. The van der Waals surface area contributed by atoms with E-state index in [1.807, 2.05) is 6.20 Å². The molecule has 1 rings (SSSR count). The van der Waals surface area contributed by atoms with Gasteiger partial charge in [-0.3, -0.25) is 0 Å². The quantitative estimate of drug-likeness (QED) is 0.555. The van der Waals surface area contributed by atoms with Crippen molar-refractivity contribution >= 4 is 5.84 Å². The molecule has 1 aliphatic heterocycles. The molecule has 1 aliphatic rings. The van der Waals surface area contributed by atoms with Gasteiger partial charge in [0.05, 0.1) is 0 Å². The highest BCUT2D eigenvalue weighted by Gasteiger charge is 2.17. The summed E-state index contributed by atoms with van der Waals surface area (Å²) >= 11 is 0. The van der Waals surface area contributed by atoms with Crippen LogP contribution < -0.4 is 5.32 Å². The monoisotopic (exact) mass is 148 g/mol. The highest BCUT2D eigenvalue weighted by atomic mass is 19.3. The molecule has 0 aromatic carbocycles. The van der Waals surface area contributed by atoms with E-state index in [2.05, 4.69) is 10.3 Å². The van der Waals surface area contributed by atoms with Crippen LogP contribution in [-0.2, 0) is 0 Å². The van der Waals surface area contributed by atoms with Crippen LogP contribution in [0.25, 0.3) is 0 Å². The van der Waals surface area contributed by atoms with Gasteiger partial charge in [-0.25, -0.2) is 23.5 Å². The Morgan fingerprint density at radius 2 is 2.20 bits per heavy atom. The zero-order valence-corrected chi connectivity index (χ0v) is 4.81. The molecule has 0 aromatic heterocycles. The third-order valence-corrected chi connectivity index (χ3v) is 0.875. The first-order valence-electron chi connectivity index (χ1n) is 2.49. The van der Waals surface area contributed by atoms with Gasteiger partial charge in [-0.1, -0.05) is 0 Å². The van der Waals surface area contributed by atoms with E-state index < -0.39 is 18.8 Å². The molecule has 0 aliphatic carbocycles. The molecule has 0 saturated heterocycles. The molecule has 0 bridgehead atoms. The Hall–Kier alpha value is -1.00. The number of hydrogen-bond acceptors (Lipinski definition) is 1. The average Bonchev–Trinajstić information content (AvgIpc) is 2.34. The Kier molecular flexibility index (Phi) is 1.94. The number of nitrogens with zero attached hydrogens (tertiary/aromatic N) is 2. The molecule has 2 radical (unpaired) electrons. The van der Waals surface area contributed by atoms with Gasteiger partial charge in [0.15, 0.2) is 5.84 Å². The summed E-state index contributed by atoms with van der Waals surface area (Å²) in [4.78, 5) is 3.14. The summed E-state index contributed by atoms with van der Waals surface area (Å²) in [5.41, 5.74) is -0.590. The average molecular weight is 148 g/mol. The van der Waals surface area contributed by atoms with Crippen molar-refractivity contribution in [3.05, 3.63) is 11.9 Å². The van der Waals surface area contributed by atoms with Crippen molar-refractivity contribution in [2.45, 2.75) is 6.43 Å². The third-order valence-electron chi connectivity index (χ3n) is 0.875. The third kappa shape index (κ3) is 1.29. The molecule has 0 N–H and O–H groups in total. The van der Waals surface area contributed by atoms with Crippen molar-refractivity contribution in [3.63, 3.8) is 0 Å². The van der Waals surface area contributed by atoms with Gasteiger partial charge in [0.1, 0.15) is 18.6 Å². The van der Waals surface area contributed by atoms with E-state index >= 15 is 0 Å². The molecule has 0 aromatic rings. The molecule has 10 heavy (non-hydrogen) atoms. The van der Waals surface area contributed by atoms with Gasteiger partial charge in [-0.05, 0) is 0 Å². The predicted octanol–water partition coefficient (Wildman–Crippen LogP) is 0.882. The lowest BCUT2D eigenvalue weighted by molar-refractivity contribution is 0.188. The van der Waals surface area contributed by atoms with Crippen LogP contribution in [0.15, 0.2) is 10.7 Å². The Labute approximate surface area is 55.4 Å². The summed E-state index contributed by atoms with van der Waals surface area (Å²) < 4.78 is 34.9. The van der Waals surface area contributed by atoms with E-state index in [1.54, 1.807) is 0 Å². The molecule has 54 valence electrons. The number of rotatable bonds is 2. The summed E-state index contributed by atoms with van der Waals surface area (Å²) in [6.07, 6.45) is -0.810. The van der Waals surface area contributed by atoms with Crippen LogP contribution in [0.5, 0.6) is 0 Å². The van der Waals surface area contributed by atoms with Crippen molar-refractivity contribution in [1.82, 2.24) is 5.32 Å². The lowest BCUT2D eigenvalue weighted by Crippen LogP contribution is -2.07. The van der Waals surface area contributed by atoms with Crippen LogP contribution in [-0.4, -0.2) is 18.9 Å². The number of allylic oxidation sites excluding steroid dienone is 1. The molecule has 5 heteroatoms. The second kappa shape index (κ2) is 2.72. The first-order valence-corrected chi connectivity index (χ1v) is 2.49. The summed E-state index contributed by atoms with van der Waals surface area (Å²) in [5.74, 6) is -0.240. The number of alkyl halides is 3. The van der Waals surface area contributed by atoms with Gasteiger partial charge in [0.2, 0.25) is 0 Å². The van der Waals surface area contributed by atoms with Crippen LogP contribution in [0, 0.1) is 6.20 Å². The first kappa shape index (κ1) is 7.11. The normalized spacial score (nSPS) is 16.8. The van der Waals surface area contributed by atoms with Crippen LogP contribution >= 0.6 is 0 Å². The van der Waals surface area contributed by atoms with Gasteiger partial charge in [0.25, 0.3) is 6.43 Å². The van der Waals surface area contributed by atoms with E-state index in [9.17, 15) is 13.2 Å². The van der Waals surface area contributed by atoms with Gasteiger partial charge < -0.3 is 0 Å². The minimum Gasteiger partial charge on any atom is -0.242 e. The lowest BCUT2D eigenvalue weighted by atomic mass is 10.5. The Balaban J connectivity index is 2.59. The molecule has 0 fully saturated rings. The van der Waals surface area contributed by atoms with Crippen molar-refractivity contribution < 1.29 is 13.2 Å². The molecular formula is C5H3F3N2. The lowest BCUT2D eigenvalue weighted by Gasteiger charge is -1.89. The summed E-state index contributed by atoms with van der Waals surface area (Å²) in [5, 5.41) is 3.16. The molecular weight excluding hydrogens is 145 g/mol. The number of halogens is 3. The fraction of sp³-hybridized carbons (Fsp3) is 0.400. The molecule has 1 heterocycles. The smallest absolute Gasteiger partial charge is 0.242 e. The Bertz CT molecular complexity index is 185. The second-order valence-corrected chi connectivity index (χ2v) is 1.57.